The molecule has 2 atom stereocenters. The fourth-order valence-electron chi connectivity index (χ4n) is 6.31. The maximum atomic E-state index is 14.1. The topological polar surface area (TPSA) is 89.2 Å². The number of carbonyl (C=O) groups is 1. The van der Waals surface area contributed by atoms with Crippen LogP contribution in [-0.2, 0) is 23.9 Å². The molecule has 1 aromatic carbocycles. The number of pyridine rings is 2. The highest BCUT2D eigenvalue weighted by atomic mass is 19.4. The van der Waals surface area contributed by atoms with E-state index in [9.17, 15) is 18.0 Å². The first-order valence-corrected chi connectivity index (χ1v) is 14.8. The normalized spacial score (nSPS) is 19.7. The Morgan fingerprint density at radius 1 is 1.05 bits per heavy atom. The number of aromatic nitrogens is 3. The molecular formula is C32H36F3N7O. The van der Waals surface area contributed by atoms with Crippen molar-refractivity contribution < 1.29 is 18.0 Å². The predicted molar refractivity (Wildman–Crippen MR) is 161 cm³/mol. The van der Waals surface area contributed by atoms with Crippen LogP contribution >= 0.6 is 0 Å². The standard InChI is InChI=1S/C32H36F3N7O/c1-3-41-10-12-42(13-11-41)19-21-4-5-24(17-27(21)32(33,34)35)40-31(43)23-14-20(2)29-22(15-23)16-25(18-38-29)39-28-7-9-37-30-26(28)6-8-36-30/h4-9,16-18,20,23H,3,10-15,19H2,1-2H3,(H,40,43)(H2,36,37,39). The van der Waals surface area contributed by atoms with E-state index in [1.807, 2.05) is 31.3 Å². The van der Waals surface area contributed by atoms with Crippen LogP contribution in [0.15, 0.2) is 55.0 Å². The highest BCUT2D eigenvalue weighted by Crippen LogP contribution is 2.37. The zero-order chi connectivity index (χ0) is 30.1. The van der Waals surface area contributed by atoms with E-state index in [0.717, 1.165) is 72.5 Å². The fraction of sp³-hybridized carbons (Fsp3) is 0.406. The van der Waals surface area contributed by atoms with Crippen molar-refractivity contribution in [2.24, 2.45) is 5.92 Å². The van der Waals surface area contributed by atoms with Gasteiger partial charge in [-0.15, -0.1) is 0 Å². The zero-order valence-corrected chi connectivity index (χ0v) is 24.3. The van der Waals surface area contributed by atoms with E-state index in [-0.39, 0.29) is 35.5 Å². The number of piperazine rings is 1. The number of H-pyrrole nitrogens is 1. The lowest BCUT2D eigenvalue weighted by molar-refractivity contribution is -0.138. The third-order valence-electron chi connectivity index (χ3n) is 8.67. The van der Waals surface area contributed by atoms with Gasteiger partial charge >= 0.3 is 6.18 Å². The Hall–Kier alpha value is -3.96. The molecule has 226 valence electrons. The molecule has 4 heterocycles. The number of hydrogen-bond donors (Lipinski definition) is 3. The molecule has 3 N–H and O–H groups in total. The Labute approximate surface area is 248 Å². The Balaban J connectivity index is 1.16. The average molecular weight is 592 g/mol. The molecular weight excluding hydrogens is 555 g/mol. The summed E-state index contributed by atoms with van der Waals surface area (Å²) in [6.07, 6.45) is 1.85. The van der Waals surface area contributed by atoms with E-state index >= 15 is 0 Å². The van der Waals surface area contributed by atoms with Crippen LogP contribution in [0.3, 0.4) is 0 Å². The number of fused-ring (bicyclic) bond motifs is 2. The van der Waals surface area contributed by atoms with Crippen LogP contribution in [0.2, 0.25) is 0 Å². The average Bonchev–Trinajstić information content (AvgIpc) is 3.48. The quantitative estimate of drug-likeness (QED) is 0.239. The summed E-state index contributed by atoms with van der Waals surface area (Å²) in [5.41, 5.74) is 4.05. The molecule has 2 aliphatic rings. The van der Waals surface area contributed by atoms with Gasteiger partial charge in [0.25, 0.3) is 0 Å². The van der Waals surface area contributed by atoms with Crippen LogP contribution < -0.4 is 10.6 Å². The molecule has 0 spiro atoms. The van der Waals surface area contributed by atoms with E-state index in [1.54, 1.807) is 18.5 Å². The number of anilines is 3. The first-order valence-electron chi connectivity index (χ1n) is 14.8. The van der Waals surface area contributed by atoms with Crippen molar-refractivity contribution in [1.29, 1.82) is 0 Å². The van der Waals surface area contributed by atoms with E-state index < -0.39 is 11.7 Å². The molecule has 1 saturated heterocycles. The van der Waals surface area contributed by atoms with Crippen molar-refractivity contribution in [3.05, 3.63) is 77.4 Å². The van der Waals surface area contributed by atoms with Gasteiger partial charge in [-0.3, -0.25) is 14.7 Å². The summed E-state index contributed by atoms with van der Waals surface area (Å²) in [5.74, 6) is -0.636. The zero-order valence-electron chi connectivity index (χ0n) is 24.3. The lowest BCUT2D eigenvalue weighted by atomic mass is 9.80. The maximum Gasteiger partial charge on any atom is 0.416 e. The van der Waals surface area contributed by atoms with Crippen LogP contribution in [0.1, 0.15) is 48.6 Å². The number of nitrogens with zero attached hydrogens (tertiary/aromatic N) is 4. The van der Waals surface area contributed by atoms with E-state index in [1.165, 1.54) is 6.07 Å². The van der Waals surface area contributed by atoms with Crippen molar-refractivity contribution in [3.8, 4) is 0 Å². The Morgan fingerprint density at radius 2 is 1.84 bits per heavy atom. The SMILES string of the molecule is CCN1CCN(Cc2ccc(NC(=O)C3Cc4cc(Nc5ccnc6[nH]ccc56)cnc4C(C)C3)cc2C(F)(F)F)CC1. The second kappa shape index (κ2) is 12.0. The van der Waals surface area contributed by atoms with E-state index in [0.29, 0.717) is 12.8 Å². The van der Waals surface area contributed by atoms with Gasteiger partial charge in [0.1, 0.15) is 5.65 Å². The summed E-state index contributed by atoms with van der Waals surface area (Å²) in [7, 11) is 0. The number of hydrogen-bond acceptors (Lipinski definition) is 6. The molecule has 1 amide bonds. The molecule has 0 saturated carbocycles. The van der Waals surface area contributed by atoms with Crippen LogP contribution in [-0.4, -0.2) is 63.4 Å². The molecule has 0 radical (unpaired) electrons. The Kier molecular flexibility index (Phi) is 8.11. The molecule has 6 rings (SSSR count). The number of halogens is 3. The van der Waals surface area contributed by atoms with Crippen molar-refractivity contribution in [1.82, 2.24) is 24.8 Å². The third kappa shape index (κ3) is 6.37. The number of rotatable bonds is 7. The smallest absolute Gasteiger partial charge is 0.354 e. The summed E-state index contributed by atoms with van der Waals surface area (Å²) in [6.45, 7) is 8.46. The number of carbonyl (C=O) groups excluding carboxylic acids is 1. The Bertz CT molecular complexity index is 1610. The molecule has 43 heavy (non-hydrogen) atoms. The van der Waals surface area contributed by atoms with E-state index in [4.69, 9.17) is 4.98 Å². The molecule has 1 aliphatic carbocycles. The number of nitrogens with one attached hydrogen (secondary N) is 3. The van der Waals surface area contributed by atoms with Crippen LogP contribution in [0.5, 0.6) is 0 Å². The van der Waals surface area contributed by atoms with E-state index in [2.05, 4.69) is 37.3 Å². The van der Waals surface area contributed by atoms with Crippen LogP contribution in [0.25, 0.3) is 11.0 Å². The molecule has 3 aromatic heterocycles. The summed E-state index contributed by atoms with van der Waals surface area (Å²) in [6, 6.07) is 10.0. The third-order valence-corrected chi connectivity index (χ3v) is 8.67. The molecule has 8 nitrogen and oxygen atoms in total. The maximum absolute atomic E-state index is 14.1. The highest BCUT2D eigenvalue weighted by molar-refractivity contribution is 5.93. The predicted octanol–water partition coefficient (Wildman–Crippen LogP) is 6.16. The van der Waals surface area contributed by atoms with Gasteiger partial charge < -0.3 is 20.5 Å². The first kappa shape index (κ1) is 29.1. The monoisotopic (exact) mass is 591 g/mol. The Morgan fingerprint density at radius 3 is 2.60 bits per heavy atom. The minimum Gasteiger partial charge on any atom is -0.354 e. The molecule has 1 fully saturated rings. The highest BCUT2D eigenvalue weighted by Gasteiger charge is 2.35. The fourth-order valence-corrected chi connectivity index (χ4v) is 6.31. The number of benzene rings is 1. The first-order chi connectivity index (χ1) is 20.7. The second-order valence-corrected chi connectivity index (χ2v) is 11.6. The van der Waals surface area contributed by atoms with Crippen molar-refractivity contribution in [2.75, 3.05) is 43.4 Å². The minimum absolute atomic E-state index is 0.0344. The molecule has 0 bridgehead atoms. The van der Waals surface area contributed by atoms with Crippen LogP contribution in [0, 0.1) is 5.92 Å². The molecule has 1 aliphatic heterocycles. The summed E-state index contributed by atoms with van der Waals surface area (Å²) in [5, 5.41) is 7.14. The van der Waals surface area contributed by atoms with Crippen LogP contribution in [0.4, 0.5) is 30.2 Å². The van der Waals surface area contributed by atoms with Gasteiger partial charge in [0.05, 0.1) is 23.1 Å². The second-order valence-electron chi connectivity index (χ2n) is 11.6. The number of alkyl halides is 3. The number of aromatic amines is 1. The summed E-state index contributed by atoms with van der Waals surface area (Å²) in [4.78, 5) is 29.9. The largest absolute Gasteiger partial charge is 0.416 e. The van der Waals surface area contributed by atoms with Gasteiger partial charge in [-0.1, -0.05) is 19.9 Å². The molecule has 4 aromatic rings. The van der Waals surface area contributed by atoms with Crippen molar-refractivity contribution in [2.45, 2.75) is 45.3 Å². The van der Waals surface area contributed by atoms with Gasteiger partial charge in [-0.25, -0.2) is 4.98 Å². The lowest BCUT2D eigenvalue weighted by Gasteiger charge is -2.34. The van der Waals surface area contributed by atoms with Gasteiger partial charge in [0.2, 0.25) is 5.91 Å². The summed E-state index contributed by atoms with van der Waals surface area (Å²) >= 11 is 0. The van der Waals surface area contributed by atoms with Gasteiger partial charge in [0, 0.05) is 67.8 Å². The number of amides is 1. The molecule has 2 unspecified atom stereocenters. The van der Waals surface area contributed by atoms with Gasteiger partial charge in [0.15, 0.2) is 0 Å². The minimum atomic E-state index is -4.52. The lowest BCUT2D eigenvalue weighted by Crippen LogP contribution is -2.45. The van der Waals surface area contributed by atoms with Gasteiger partial charge in [-0.2, -0.15) is 13.2 Å². The van der Waals surface area contributed by atoms with Crippen molar-refractivity contribution in [3.63, 3.8) is 0 Å². The number of likely N-dealkylation sites (N-methyl/N-ethyl adjacent to an activating group) is 1. The summed E-state index contributed by atoms with van der Waals surface area (Å²) < 4.78 is 42.3. The van der Waals surface area contributed by atoms with Gasteiger partial charge in [-0.05, 0) is 66.8 Å². The van der Waals surface area contributed by atoms with Crippen molar-refractivity contribution >= 4 is 34.0 Å². The molecule has 11 heteroatoms.